The molecule has 0 saturated heterocycles. The summed E-state index contributed by atoms with van der Waals surface area (Å²) in [5.74, 6) is 0.935. The van der Waals surface area contributed by atoms with Crippen LogP contribution < -0.4 is 9.47 Å². The number of aromatic nitrogens is 2. The Hall–Kier alpha value is -4.01. The highest BCUT2D eigenvalue weighted by Gasteiger charge is 2.46. The molecule has 9 nitrogen and oxygen atoms in total. The van der Waals surface area contributed by atoms with Crippen molar-refractivity contribution in [3.05, 3.63) is 61.0 Å². The van der Waals surface area contributed by atoms with E-state index in [4.69, 9.17) is 14.0 Å². The number of rotatable bonds is 8. The Labute approximate surface area is 184 Å². The van der Waals surface area contributed by atoms with Gasteiger partial charge in [0.1, 0.15) is 18.2 Å². The largest absolute Gasteiger partial charge is 0.501 e. The van der Waals surface area contributed by atoms with Gasteiger partial charge < -0.3 is 14.0 Å². The van der Waals surface area contributed by atoms with Crippen LogP contribution in [0.4, 0.5) is 4.79 Å². The number of methoxy groups -OCH3 is 1. The van der Waals surface area contributed by atoms with Crippen LogP contribution in [0.1, 0.15) is 12.8 Å². The lowest BCUT2D eigenvalue weighted by atomic mass is 9.94. The van der Waals surface area contributed by atoms with Crippen molar-refractivity contribution < 1.29 is 28.2 Å². The smallest absolute Gasteiger partial charge is 0.493 e. The number of ether oxygens (including phenoxy) is 2. The number of nitrogens with zero attached hydrogens (tertiary/aromatic N) is 4. The van der Waals surface area contributed by atoms with Crippen LogP contribution in [-0.2, 0) is 11.3 Å². The van der Waals surface area contributed by atoms with Gasteiger partial charge in [-0.25, -0.2) is 4.79 Å². The van der Waals surface area contributed by atoms with E-state index in [2.05, 4.69) is 16.7 Å². The Morgan fingerprint density at radius 2 is 2.12 bits per heavy atom. The SMILES string of the molecule is C=CCN1C(=O)C2C=CC=CC2=[N+](Cc2nc(-c3ccc(OCC)c(OC)c3)no2)C1=O. The topological polar surface area (TPSA) is 97.8 Å². The van der Waals surface area contributed by atoms with Gasteiger partial charge in [0.15, 0.2) is 18.0 Å². The zero-order valence-corrected chi connectivity index (χ0v) is 17.9. The van der Waals surface area contributed by atoms with Crippen LogP contribution >= 0.6 is 0 Å². The van der Waals surface area contributed by atoms with Crippen molar-refractivity contribution in [2.24, 2.45) is 5.92 Å². The predicted molar refractivity (Wildman–Crippen MR) is 116 cm³/mol. The minimum Gasteiger partial charge on any atom is -0.493 e. The maximum Gasteiger partial charge on any atom is 0.501 e. The molecule has 0 saturated carbocycles. The molecule has 2 aromatic rings. The highest BCUT2D eigenvalue weighted by Crippen LogP contribution is 2.31. The lowest BCUT2D eigenvalue weighted by molar-refractivity contribution is -0.459. The average Bonchev–Trinajstić information content (AvgIpc) is 3.28. The van der Waals surface area contributed by atoms with Crippen molar-refractivity contribution in [2.75, 3.05) is 20.3 Å². The van der Waals surface area contributed by atoms with E-state index in [-0.39, 0.29) is 24.9 Å². The van der Waals surface area contributed by atoms with Crippen LogP contribution in [-0.4, -0.2) is 57.5 Å². The predicted octanol–water partition coefficient (Wildman–Crippen LogP) is 2.99. The first-order chi connectivity index (χ1) is 15.6. The standard InChI is InChI=1S/C23H23N4O5/c1-4-12-26-22(28)16-8-6-7-9-17(16)27(23(26)29)14-20-24-21(25-32-20)15-10-11-18(31-5-2)19(13-15)30-3/h4,6-11,13,16H,1,5,12,14H2,2-3H3/q+1. The minimum absolute atomic E-state index is 0.0327. The van der Waals surface area contributed by atoms with Gasteiger partial charge in [0.25, 0.3) is 5.89 Å². The molecule has 3 amide bonds. The van der Waals surface area contributed by atoms with E-state index in [1.54, 1.807) is 49.6 Å². The highest BCUT2D eigenvalue weighted by molar-refractivity contribution is 6.16. The van der Waals surface area contributed by atoms with Crippen molar-refractivity contribution in [3.63, 3.8) is 0 Å². The second kappa shape index (κ2) is 9.01. The summed E-state index contributed by atoms with van der Waals surface area (Å²) >= 11 is 0. The van der Waals surface area contributed by atoms with E-state index in [0.29, 0.717) is 35.2 Å². The van der Waals surface area contributed by atoms with Gasteiger partial charge in [0, 0.05) is 5.56 Å². The van der Waals surface area contributed by atoms with Crippen LogP contribution in [0.25, 0.3) is 11.4 Å². The fraction of sp³-hybridized carbons (Fsp3) is 0.261. The van der Waals surface area contributed by atoms with E-state index in [1.807, 2.05) is 6.92 Å². The number of benzene rings is 1. The zero-order chi connectivity index (χ0) is 22.7. The van der Waals surface area contributed by atoms with Crippen molar-refractivity contribution in [1.82, 2.24) is 15.0 Å². The molecule has 0 radical (unpaired) electrons. The van der Waals surface area contributed by atoms with Gasteiger partial charge in [-0.3, -0.25) is 0 Å². The molecular weight excluding hydrogens is 412 g/mol. The van der Waals surface area contributed by atoms with Gasteiger partial charge in [-0.15, -0.1) is 0 Å². The molecule has 1 atom stereocenters. The van der Waals surface area contributed by atoms with Crippen LogP contribution in [0, 0.1) is 5.92 Å². The van der Waals surface area contributed by atoms with Crippen molar-refractivity contribution in [2.45, 2.75) is 13.5 Å². The molecule has 0 fully saturated rings. The van der Waals surface area contributed by atoms with Gasteiger partial charge in [-0.2, -0.15) is 19.3 Å². The van der Waals surface area contributed by atoms with Crippen LogP contribution in [0.2, 0.25) is 0 Å². The third kappa shape index (κ3) is 3.84. The monoisotopic (exact) mass is 435 g/mol. The molecule has 0 bridgehead atoms. The van der Waals surface area contributed by atoms with Crippen molar-refractivity contribution >= 4 is 17.6 Å². The maximum atomic E-state index is 13.0. The molecule has 1 aliphatic carbocycles. The quantitative estimate of drug-likeness (QED) is 0.464. The number of allylic oxidation sites excluding steroid dienone is 3. The number of carbonyl (C=O) groups excluding carboxylic acids is 2. The number of carbonyl (C=O) groups is 2. The Kier molecular flexibility index (Phi) is 5.98. The fourth-order valence-corrected chi connectivity index (χ4v) is 3.63. The molecular formula is C23H23N4O5+. The van der Waals surface area contributed by atoms with E-state index in [1.165, 1.54) is 15.6 Å². The third-order valence-electron chi connectivity index (χ3n) is 5.10. The summed E-state index contributed by atoms with van der Waals surface area (Å²) in [5, 5.41) is 4.04. The summed E-state index contributed by atoms with van der Waals surface area (Å²) in [6.45, 7) is 6.20. The minimum atomic E-state index is -0.546. The molecule has 4 rings (SSSR count). The normalized spacial score (nSPS) is 17.6. The summed E-state index contributed by atoms with van der Waals surface area (Å²) in [5.41, 5.74) is 1.25. The number of amides is 3. The molecule has 9 heteroatoms. The van der Waals surface area contributed by atoms with Gasteiger partial charge in [0.2, 0.25) is 5.82 Å². The molecule has 164 valence electrons. The Morgan fingerprint density at radius 3 is 2.88 bits per heavy atom. The number of hydrogen-bond donors (Lipinski definition) is 0. The van der Waals surface area contributed by atoms with E-state index in [0.717, 1.165) is 0 Å². The summed E-state index contributed by atoms with van der Waals surface area (Å²) in [6.07, 6.45) is 8.61. The first kappa shape index (κ1) is 21.2. The summed E-state index contributed by atoms with van der Waals surface area (Å²) in [6, 6.07) is 4.89. The van der Waals surface area contributed by atoms with Gasteiger partial charge >= 0.3 is 11.9 Å². The maximum absolute atomic E-state index is 13.0. The Morgan fingerprint density at radius 1 is 1.28 bits per heavy atom. The van der Waals surface area contributed by atoms with Crippen molar-refractivity contribution in [3.8, 4) is 22.9 Å². The van der Waals surface area contributed by atoms with E-state index >= 15 is 0 Å². The van der Waals surface area contributed by atoms with Gasteiger partial charge in [0.05, 0.1) is 13.7 Å². The van der Waals surface area contributed by atoms with Gasteiger partial charge in [-0.1, -0.05) is 36.0 Å². The summed E-state index contributed by atoms with van der Waals surface area (Å²) < 4.78 is 17.8. The second-order valence-electron chi connectivity index (χ2n) is 7.06. The highest BCUT2D eigenvalue weighted by atomic mass is 16.5. The van der Waals surface area contributed by atoms with E-state index in [9.17, 15) is 9.59 Å². The third-order valence-corrected chi connectivity index (χ3v) is 5.10. The molecule has 2 aliphatic rings. The van der Waals surface area contributed by atoms with Crippen LogP contribution in [0.3, 0.4) is 0 Å². The number of fused-ring (bicyclic) bond motifs is 1. The molecule has 1 aliphatic heterocycles. The number of imide groups is 1. The molecule has 1 aromatic carbocycles. The van der Waals surface area contributed by atoms with Crippen LogP contribution in [0.5, 0.6) is 11.5 Å². The zero-order valence-electron chi connectivity index (χ0n) is 17.9. The first-order valence-electron chi connectivity index (χ1n) is 10.2. The lowest BCUT2D eigenvalue weighted by Gasteiger charge is -2.25. The Balaban J connectivity index is 1.64. The average molecular weight is 435 g/mol. The molecule has 1 unspecified atom stereocenters. The molecule has 0 N–H and O–H groups in total. The lowest BCUT2D eigenvalue weighted by Crippen LogP contribution is -2.54. The molecule has 1 aromatic heterocycles. The number of urea groups is 1. The van der Waals surface area contributed by atoms with Crippen molar-refractivity contribution in [1.29, 1.82) is 0 Å². The molecule has 32 heavy (non-hydrogen) atoms. The Bertz CT molecular complexity index is 1160. The molecule has 0 spiro atoms. The van der Waals surface area contributed by atoms with E-state index < -0.39 is 11.9 Å². The first-order valence-corrected chi connectivity index (χ1v) is 10.2. The van der Waals surface area contributed by atoms with Crippen LogP contribution in [0.15, 0.2) is 59.7 Å². The van der Waals surface area contributed by atoms with Gasteiger partial charge in [-0.05, 0) is 31.2 Å². The summed E-state index contributed by atoms with van der Waals surface area (Å²) in [7, 11) is 1.56. The molecule has 2 heterocycles. The number of hydrogen-bond acceptors (Lipinski definition) is 7. The second-order valence-corrected chi connectivity index (χ2v) is 7.06. The summed E-state index contributed by atoms with van der Waals surface area (Å²) in [4.78, 5) is 31.4. The fourth-order valence-electron chi connectivity index (χ4n) is 3.63.